The van der Waals surface area contributed by atoms with E-state index in [0.717, 1.165) is 4.31 Å². The first-order valence-corrected chi connectivity index (χ1v) is 12.2. The molecule has 4 rings (SSSR count). The van der Waals surface area contributed by atoms with Crippen LogP contribution in [0.2, 0.25) is 0 Å². The lowest BCUT2D eigenvalue weighted by atomic mass is 10.2. The summed E-state index contributed by atoms with van der Waals surface area (Å²) in [6, 6.07) is 12.6. The molecule has 2 N–H and O–H groups in total. The van der Waals surface area contributed by atoms with Crippen LogP contribution in [0.15, 0.2) is 58.6 Å². The maximum Gasteiger partial charge on any atom is 0.255 e. The first-order valence-electron chi connectivity index (χ1n) is 9.49. The summed E-state index contributed by atoms with van der Waals surface area (Å²) in [6.45, 7) is 0.243. The fourth-order valence-corrected chi connectivity index (χ4v) is 4.96. The standard InChI is InChI=1S/C19H19N7O4S2/c1-31-19-22-23-24-26(19)15-4-2-3-14(11-15)21-18(28)13-5-7-16(8-6-13)32(29,30)25-10-9-20-17(27)12-25/h2-8,11H,9-10,12H2,1H3,(H,20,27)(H,21,28). The van der Waals surface area contributed by atoms with Gasteiger partial charge in [-0.3, -0.25) is 9.59 Å². The number of benzene rings is 2. The highest BCUT2D eigenvalue weighted by Gasteiger charge is 2.29. The van der Waals surface area contributed by atoms with Crippen molar-refractivity contribution in [2.45, 2.75) is 10.1 Å². The Kier molecular flexibility index (Phi) is 6.21. The predicted molar refractivity (Wildman–Crippen MR) is 117 cm³/mol. The first-order chi connectivity index (χ1) is 15.4. The number of hydrogen-bond donors (Lipinski definition) is 2. The van der Waals surface area contributed by atoms with E-state index in [1.807, 2.05) is 12.3 Å². The van der Waals surface area contributed by atoms with Crippen molar-refractivity contribution in [3.05, 3.63) is 54.1 Å². The summed E-state index contributed by atoms with van der Waals surface area (Å²) >= 11 is 1.39. The number of rotatable bonds is 6. The summed E-state index contributed by atoms with van der Waals surface area (Å²) < 4.78 is 28.1. The third kappa shape index (κ3) is 4.49. The van der Waals surface area contributed by atoms with Crippen molar-refractivity contribution in [1.82, 2.24) is 29.8 Å². The van der Waals surface area contributed by atoms with Gasteiger partial charge in [-0.1, -0.05) is 17.8 Å². The molecule has 2 amide bonds. The van der Waals surface area contributed by atoms with Crippen molar-refractivity contribution >= 4 is 39.3 Å². The van der Waals surface area contributed by atoms with E-state index in [0.29, 0.717) is 16.5 Å². The number of carbonyl (C=O) groups excluding carboxylic acids is 2. The van der Waals surface area contributed by atoms with E-state index in [4.69, 9.17) is 0 Å². The minimum Gasteiger partial charge on any atom is -0.354 e. The summed E-state index contributed by atoms with van der Waals surface area (Å²) in [5, 5.41) is 17.5. The molecule has 0 atom stereocenters. The Balaban J connectivity index is 1.49. The first kappa shape index (κ1) is 21.9. The molecule has 1 aliphatic heterocycles. The fourth-order valence-electron chi connectivity index (χ4n) is 3.13. The molecule has 2 heterocycles. The quantitative estimate of drug-likeness (QED) is 0.500. The van der Waals surface area contributed by atoms with Crippen LogP contribution in [0, 0.1) is 0 Å². The Morgan fingerprint density at radius 1 is 1.19 bits per heavy atom. The van der Waals surface area contributed by atoms with E-state index in [-0.39, 0.29) is 36.0 Å². The Labute approximate surface area is 188 Å². The van der Waals surface area contributed by atoms with Crippen molar-refractivity contribution in [3.63, 3.8) is 0 Å². The number of aromatic nitrogens is 4. The van der Waals surface area contributed by atoms with Gasteiger partial charge in [0.1, 0.15) is 0 Å². The van der Waals surface area contributed by atoms with Gasteiger partial charge >= 0.3 is 0 Å². The largest absolute Gasteiger partial charge is 0.354 e. The molecule has 0 bridgehead atoms. The normalized spacial score (nSPS) is 14.7. The number of sulfonamides is 1. The molecule has 2 aromatic carbocycles. The summed E-state index contributed by atoms with van der Waals surface area (Å²) in [5.41, 5.74) is 1.51. The zero-order valence-electron chi connectivity index (χ0n) is 16.9. The third-order valence-electron chi connectivity index (χ3n) is 4.73. The lowest BCUT2D eigenvalue weighted by Crippen LogP contribution is -2.49. The summed E-state index contributed by atoms with van der Waals surface area (Å²) in [5.74, 6) is -0.741. The SMILES string of the molecule is CSc1nnnn1-c1cccc(NC(=O)c2ccc(S(=O)(=O)N3CCNC(=O)C3)cc2)c1. The lowest BCUT2D eigenvalue weighted by molar-refractivity contribution is -0.122. The van der Waals surface area contributed by atoms with E-state index >= 15 is 0 Å². The van der Waals surface area contributed by atoms with Gasteiger partial charge in [0.2, 0.25) is 21.1 Å². The van der Waals surface area contributed by atoms with Gasteiger partial charge in [-0.25, -0.2) is 8.42 Å². The van der Waals surface area contributed by atoms with Crippen molar-refractivity contribution in [2.75, 3.05) is 31.2 Å². The minimum absolute atomic E-state index is 0.0222. The number of hydrogen-bond acceptors (Lipinski definition) is 8. The van der Waals surface area contributed by atoms with Crippen molar-refractivity contribution in [2.24, 2.45) is 0 Å². The van der Waals surface area contributed by atoms with Crippen LogP contribution >= 0.6 is 11.8 Å². The van der Waals surface area contributed by atoms with E-state index in [1.54, 1.807) is 22.9 Å². The molecule has 1 aliphatic rings. The lowest BCUT2D eigenvalue weighted by Gasteiger charge is -2.25. The monoisotopic (exact) mass is 473 g/mol. The second-order valence-electron chi connectivity index (χ2n) is 6.79. The second-order valence-corrected chi connectivity index (χ2v) is 9.51. The van der Waals surface area contributed by atoms with Gasteiger partial charge in [0, 0.05) is 24.3 Å². The molecule has 1 fully saturated rings. The fraction of sp³-hybridized carbons (Fsp3) is 0.211. The molecule has 0 spiro atoms. The molecular formula is C19H19N7O4S2. The van der Waals surface area contributed by atoms with Crippen LogP contribution in [-0.4, -0.2) is 70.6 Å². The van der Waals surface area contributed by atoms with Crippen molar-refractivity contribution in [3.8, 4) is 5.69 Å². The summed E-state index contributed by atoms with van der Waals surface area (Å²) in [6.07, 6.45) is 1.86. The van der Waals surface area contributed by atoms with Crippen LogP contribution < -0.4 is 10.6 Å². The van der Waals surface area contributed by atoms with E-state index < -0.39 is 15.9 Å². The van der Waals surface area contributed by atoms with Crippen LogP contribution in [0.4, 0.5) is 5.69 Å². The highest BCUT2D eigenvalue weighted by Crippen LogP contribution is 2.20. The van der Waals surface area contributed by atoms with Gasteiger partial charge in [-0.15, -0.1) is 5.10 Å². The molecule has 11 nitrogen and oxygen atoms in total. The van der Waals surface area contributed by atoms with E-state index in [2.05, 4.69) is 26.2 Å². The van der Waals surface area contributed by atoms with Gasteiger partial charge in [-0.2, -0.15) is 8.99 Å². The number of nitrogens with one attached hydrogen (secondary N) is 2. The van der Waals surface area contributed by atoms with Gasteiger partial charge in [0.05, 0.1) is 17.1 Å². The highest BCUT2D eigenvalue weighted by molar-refractivity contribution is 7.98. The predicted octanol–water partition coefficient (Wildman–Crippen LogP) is 0.757. The van der Waals surface area contributed by atoms with Crippen molar-refractivity contribution in [1.29, 1.82) is 0 Å². The molecule has 13 heteroatoms. The maximum atomic E-state index is 12.7. The van der Waals surface area contributed by atoms with Crippen LogP contribution in [0.1, 0.15) is 10.4 Å². The minimum atomic E-state index is -3.82. The number of amides is 2. The highest BCUT2D eigenvalue weighted by atomic mass is 32.2. The number of tetrazole rings is 1. The summed E-state index contributed by atoms with van der Waals surface area (Å²) in [7, 11) is -3.82. The number of nitrogens with zero attached hydrogens (tertiary/aromatic N) is 5. The molecule has 0 unspecified atom stereocenters. The van der Waals surface area contributed by atoms with Crippen molar-refractivity contribution < 1.29 is 18.0 Å². The third-order valence-corrected chi connectivity index (χ3v) is 7.21. The molecule has 1 saturated heterocycles. The van der Waals surface area contributed by atoms with E-state index in [1.165, 1.54) is 36.0 Å². The molecular weight excluding hydrogens is 454 g/mol. The van der Waals surface area contributed by atoms with Gasteiger partial charge in [-0.05, 0) is 59.1 Å². The van der Waals surface area contributed by atoms with Crippen LogP contribution in [0.25, 0.3) is 5.69 Å². The average molecular weight is 474 g/mol. The molecule has 0 radical (unpaired) electrons. The zero-order chi connectivity index (χ0) is 22.7. The second kappa shape index (κ2) is 9.06. The Hall–Kier alpha value is -3.29. The zero-order valence-corrected chi connectivity index (χ0v) is 18.6. The Morgan fingerprint density at radius 3 is 2.69 bits per heavy atom. The van der Waals surface area contributed by atoms with Crippen LogP contribution in [0.5, 0.6) is 0 Å². The Morgan fingerprint density at radius 2 is 1.97 bits per heavy atom. The average Bonchev–Trinajstić information content (AvgIpc) is 3.28. The molecule has 32 heavy (non-hydrogen) atoms. The van der Waals surface area contributed by atoms with Gasteiger partial charge in [0.15, 0.2) is 0 Å². The molecule has 0 aliphatic carbocycles. The number of anilines is 1. The van der Waals surface area contributed by atoms with Gasteiger partial charge in [0.25, 0.3) is 5.91 Å². The molecule has 0 saturated carbocycles. The van der Waals surface area contributed by atoms with Crippen LogP contribution in [-0.2, 0) is 14.8 Å². The molecule has 166 valence electrons. The number of thioether (sulfide) groups is 1. The van der Waals surface area contributed by atoms with Gasteiger partial charge < -0.3 is 10.6 Å². The number of piperazine rings is 1. The summed E-state index contributed by atoms with van der Waals surface area (Å²) in [4.78, 5) is 24.2. The van der Waals surface area contributed by atoms with Crippen LogP contribution in [0.3, 0.4) is 0 Å². The van der Waals surface area contributed by atoms with E-state index in [9.17, 15) is 18.0 Å². The smallest absolute Gasteiger partial charge is 0.255 e. The molecule has 3 aromatic rings. The molecule has 1 aromatic heterocycles. The number of carbonyl (C=O) groups is 2. The Bertz CT molecular complexity index is 1260. The maximum absolute atomic E-state index is 12.7. The topological polar surface area (TPSA) is 139 Å².